The molecule has 2 aliphatic rings. The lowest BCUT2D eigenvalue weighted by Gasteiger charge is -2.26. The van der Waals surface area contributed by atoms with Crippen LogP contribution in [0, 0.1) is 0 Å². The summed E-state index contributed by atoms with van der Waals surface area (Å²) in [7, 11) is 0. The Morgan fingerprint density at radius 2 is 1.44 bits per heavy atom. The van der Waals surface area contributed by atoms with Gasteiger partial charge in [0.05, 0.1) is 5.69 Å². The number of carbonyl (C=O) groups excluding carboxylic acids is 1. The fourth-order valence-corrected chi connectivity index (χ4v) is 4.25. The van der Waals surface area contributed by atoms with Gasteiger partial charge in [0, 0.05) is 6.42 Å². The summed E-state index contributed by atoms with van der Waals surface area (Å²) in [5, 5.41) is 9.57. The van der Waals surface area contributed by atoms with E-state index in [9.17, 15) is 14.7 Å². The van der Waals surface area contributed by atoms with Crippen LogP contribution in [0.2, 0.25) is 0 Å². The second-order valence-electron chi connectivity index (χ2n) is 7.82. The minimum atomic E-state index is -0.984. The molecule has 5 nitrogen and oxygen atoms in total. The molecule has 1 aliphatic heterocycles. The number of fused-ring (bicyclic) bond motifs is 1. The van der Waals surface area contributed by atoms with E-state index in [1.807, 2.05) is 18.2 Å². The predicted molar refractivity (Wildman–Crippen MR) is 105 cm³/mol. The SMILES string of the molecule is O=C(O)[C@H]1Cc2ccccc2N1C(=O)OC1CCCCCCCCCCC1. The maximum Gasteiger partial charge on any atom is 0.415 e. The van der Waals surface area contributed by atoms with Crippen molar-refractivity contribution in [3.8, 4) is 0 Å². The largest absolute Gasteiger partial charge is 0.480 e. The van der Waals surface area contributed by atoms with Crippen molar-refractivity contribution in [3.05, 3.63) is 29.8 Å². The third kappa shape index (κ3) is 5.24. The Bertz CT molecular complexity index is 633. The molecular weight excluding hydrogens is 342 g/mol. The van der Waals surface area contributed by atoms with Crippen LogP contribution in [0.3, 0.4) is 0 Å². The molecule has 0 bridgehead atoms. The maximum absolute atomic E-state index is 12.9. The van der Waals surface area contributed by atoms with E-state index >= 15 is 0 Å². The van der Waals surface area contributed by atoms with Crippen LogP contribution < -0.4 is 4.90 Å². The van der Waals surface area contributed by atoms with Gasteiger partial charge in [-0.15, -0.1) is 0 Å². The number of hydrogen-bond donors (Lipinski definition) is 1. The highest BCUT2D eigenvalue weighted by Crippen LogP contribution is 2.33. The highest BCUT2D eigenvalue weighted by Gasteiger charge is 2.39. The van der Waals surface area contributed by atoms with E-state index in [1.54, 1.807) is 6.07 Å². The van der Waals surface area contributed by atoms with Crippen molar-refractivity contribution in [1.29, 1.82) is 0 Å². The highest BCUT2D eigenvalue weighted by atomic mass is 16.6. The summed E-state index contributed by atoms with van der Waals surface area (Å²) in [6.45, 7) is 0. The molecule has 0 spiro atoms. The number of carboxylic acids is 1. The van der Waals surface area contributed by atoms with Gasteiger partial charge in [0.25, 0.3) is 0 Å². The van der Waals surface area contributed by atoms with E-state index in [1.165, 1.54) is 49.8 Å². The van der Waals surface area contributed by atoms with Crippen LogP contribution in [0.15, 0.2) is 24.3 Å². The second kappa shape index (κ2) is 9.77. The summed E-state index contributed by atoms with van der Waals surface area (Å²) in [5.74, 6) is -0.984. The molecule has 1 aromatic rings. The zero-order chi connectivity index (χ0) is 19.1. The molecule has 27 heavy (non-hydrogen) atoms. The molecule has 148 valence electrons. The molecule has 1 heterocycles. The summed E-state index contributed by atoms with van der Waals surface area (Å²) in [6.07, 6.45) is 12.4. The maximum atomic E-state index is 12.9. The van der Waals surface area contributed by atoms with Crippen molar-refractivity contribution in [2.75, 3.05) is 4.90 Å². The minimum Gasteiger partial charge on any atom is -0.480 e. The molecular formula is C22H31NO4. The number of para-hydroxylation sites is 1. The van der Waals surface area contributed by atoms with Crippen molar-refractivity contribution in [2.24, 2.45) is 0 Å². The summed E-state index contributed by atoms with van der Waals surface area (Å²) < 4.78 is 5.84. The van der Waals surface area contributed by atoms with Gasteiger partial charge in [-0.05, 0) is 37.3 Å². The first-order chi connectivity index (χ1) is 13.2. The van der Waals surface area contributed by atoms with E-state index in [0.717, 1.165) is 31.2 Å². The molecule has 5 heteroatoms. The number of nitrogens with zero attached hydrogens (tertiary/aromatic N) is 1. The number of hydrogen-bond acceptors (Lipinski definition) is 3. The van der Waals surface area contributed by atoms with Crippen molar-refractivity contribution in [3.63, 3.8) is 0 Å². The summed E-state index contributed by atoms with van der Waals surface area (Å²) in [6, 6.07) is 6.52. The van der Waals surface area contributed by atoms with Gasteiger partial charge >= 0.3 is 12.1 Å². The van der Waals surface area contributed by atoms with E-state index in [-0.39, 0.29) is 6.10 Å². The summed E-state index contributed by atoms with van der Waals surface area (Å²) in [4.78, 5) is 25.9. The van der Waals surface area contributed by atoms with Gasteiger partial charge in [-0.3, -0.25) is 4.90 Å². The first kappa shape index (κ1) is 19.7. The van der Waals surface area contributed by atoms with Crippen LogP contribution in [0.4, 0.5) is 10.5 Å². The topological polar surface area (TPSA) is 66.8 Å². The standard InChI is InChI=1S/C22H31NO4/c24-21(25)20-16-17-12-10-11-15-19(17)23(20)22(26)27-18-13-8-6-4-2-1-3-5-7-9-14-18/h10-12,15,18,20H,1-9,13-14,16H2,(H,24,25)/t20-/m1/s1. The van der Waals surface area contributed by atoms with Gasteiger partial charge in [0.2, 0.25) is 0 Å². The number of anilines is 1. The quantitative estimate of drug-likeness (QED) is 0.762. The first-order valence-electron chi connectivity index (χ1n) is 10.5. The Morgan fingerprint density at radius 3 is 2.04 bits per heavy atom. The van der Waals surface area contributed by atoms with E-state index in [2.05, 4.69) is 0 Å². The zero-order valence-electron chi connectivity index (χ0n) is 16.1. The molecule has 1 aromatic carbocycles. The van der Waals surface area contributed by atoms with Gasteiger partial charge in [-0.1, -0.05) is 63.1 Å². The van der Waals surface area contributed by atoms with Crippen LogP contribution in [0.5, 0.6) is 0 Å². The van der Waals surface area contributed by atoms with Gasteiger partial charge in [-0.2, -0.15) is 0 Å². The lowest BCUT2D eigenvalue weighted by molar-refractivity contribution is -0.138. The normalized spacial score (nSPS) is 22.4. The van der Waals surface area contributed by atoms with Crippen LogP contribution in [0.1, 0.15) is 76.2 Å². The Balaban J connectivity index is 1.66. The number of ether oxygens (including phenoxy) is 1. The molecule has 1 saturated carbocycles. The van der Waals surface area contributed by atoms with Gasteiger partial charge < -0.3 is 9.84 Å². The first-order valence-corrected chi connectivity index (χ1v) is 10.5. The molecule has 0 radical (unpaired) electrons. The fraction of sp³-hybridized carbons (Fsp3) is 0.636. The summed E-state index contributed by atoms with van der Waals surface area (Å²) >= 11 is 0. The molecule has 1 atom stereocenters. The summed E-state index contributed by atoms with van der Waals surface area (Å²) in [5.41, 5.74) is 1.56. The molecule has 1 amide bonds. The minimum absolute atomic E-state index is 0.112. The van der Waals surface area contributed by atoms with E-state index in [4.69, 9.17) is 4.74 Å². The van der Waals surface area contributed by atoms with Gasteiger partial charge in [-0.25, -0.2) is 9.59 Å². The lowest BCUT2D eigenvalue weighted by atomic mass is 9.99. The van der Waals surface area contributed by atoms with Gasteiger partial charge in [0.15, 0.2) is 0 Å². The Hall–Kier alpha value is -2.04. The fourth-order valence-electron chi connectivity index (χ4n) is 4.25. The second-order valence-corrected chi connectivity index (χ2v) is 7.82. The Kier molecular flexibility index (Phi) is 7.13. The number of rotatable bonds is 2. The Labute approximate surface area is 161 Å². The predicted octanol–water partition coefficient (Wildman–Crippen LogP) is 5.31. The molecule has 1 fully saturated rings. The van der Waals surface area contributed by atoms with Crippen molar-refractivity contribution in [2.45, 2.75) is 89.2 Å². The molecule has 0 aromatic heterocycles. The molecule has 1 N–H and O–H groups in total. The average molecular weight is 373 g/mol. The number of aliphatic carboxylic acids is 1. The Morgan fingerprint density at radius 1 is 0.889 bits per heavy atom. The molecule has 1 aliphatic carbocycles. The zero-order valence-corrected chi connectivity index (χ0v) is 16.1. The lowest BCUT2D eigenvalue weighted by Crippen LogP contribution is -2.44. The molecule has 0 saturated heterocycles. The van der Waals surface area contributed by atoms with Crippen molar-refractivity contribution >= 4 is 17.7 Å². The smallest absolute Gasteiger partial charge is 0.415 e. The third-order valence-electron chi connectivity index (χ3n) is 5.78. The molecule has 3 rings (SSSR count). The molecule has 0 unspecified atom stereocenters. The number of carbonyl (C=O) groups is 2. The van der Waals surface area contributed by atoms with Crippen molar-refractivity contribution in [1.82, 2.24) is 0 Å². The number of benzene rings is 1. The monoisotopic (exact) mass is 373 g/mol. The average Bonchev–Trinajstić information content (AvgIpc) is 3.04. The number of carboxylic acid groups (broad SMARTS) is 1. The van der Waals surface area contributed by atoms with Crippen LogP contribution in [-0.4, -0.2) is 29.3 Å². The van der Waals surface area contributed by atoms with Crippen LogP contribution in [-0.2, 0) is 16.0 Å². The van der Waals surface area contributed by atoms with E-state index in [0.29, 0.717) is 12.1 Å². The van der Waals surface area contributed by atoms with Crippen LogP contribution in [0.25, 0.3) is 0 Å². The highest BCUT2D eigenvalue weighted by molar-refractivity contribution is 5.98. The van der Waals surface area contributed by atoms with E-state index < -0.39 is 18.1 Å². The van der Waals surface area contributed by atoms with Gasteiger partial charge in [0.1, 0.15) is 12.1 Å². The van der Waals surface area contributed by atoms with Crippen molar-refractivity contribution < 1.29 is 19.4 Å². The third-order valence-corrected chi connectivity index (χ3v) is 5.78. The number of amides is 1. The van der Waals surface area contributed by atoms with Crippen LogP contribution >= 0.6 is 0 Å².